The minimum Gasteiger partial charge on any atom is -0.348 e. The molecule has 2 N–H and O–H groups in total. The van der Waals surface area contributed by atoms with E-state index in [2.05, 4.69) is 10.6 Å². The van der Waals surface area contributed by atoms with Crippen LogP contribution in [0.5, 0.6) is 0 Å². The molecule has 8 heteroatoms. The van der Waals surface area contributed by atoms with Gasteiger partial charge in [0.05, 0.1) is 5.56 Å². The molecule has 0 fully saturated rings. The quantitative estimate of drug-likeness (QED) is 0.510. The van der Waals surface area contributed by atoms with E-state index in [-0.39, 0.29) is 12.2 Å². The van der Waals surface area contributed by atoms with Crippen LogP contribution >= 0.6 is 11.6 Å². The molecule has 0 aliphatic heterocycles. The zero-order valence-corrected chi connectivity index (χ0v) is 11.0. The highest BCUT2D eigenvalue weighted by atomic mass is 35.5. The average molecular weight is 309 g/mol. The molecule has 0 unspecified atom stereocenters. The highest BCUT2D eigenvalue weighted by molar-refractivity contribution is 6.39. The van der Waals surface area contributed by atoms with E-state index in [4.69, 9.17) is 11.6 Å². The lowest BCUT2D eigenvalue weighted by molar-refractivity contribution is -0.137. The first-order valence-corrected chi connectivity index (χ1v) is 6.20. The van der Waals surface area contributed by atoms with Crippen molar-refractivity contribution in [1.29, 1.82) is 0 Å². The molecule has 0 aromatic heterocycles. The van der Waals surface area contributed by atoms with Gasteiger partial charge in [0.1, 0.15) is 0 Å². The number of halogens is 4. The number of carbonyl (C=O) groups is 2. The normalized spacial score (nSPS) is 11.0. The van der Waals surface area contributed by atoms with Crippen molar-refractivity contribution in [2.45, 2.75) is 12.6 Å². The second kappa shape index (κ2) is 7.14. The monoisotopic (exact) mass is 308 g/mol. The predicted molar refractivity (Wildman–Crippen MR) is 68.4 cm³/mol. The molecule has 0 aliphatic carbocycles. The van der Waals surface area contributed by atoms with Crippen LogP contribution in [0.25, 0.3) is 0 Å². The van der Waals surface area contributed by atoms with Crippen molar-refractivity contribution in [1.82, 2.24) is 5.32 Å². The van der Waals surface area contributed by atoms with Crippen LogP contribution in [0.1, 0.15) is 12.0 Å². The van der Waals surface area contributed by atoms with E-state index in [0.29, 0.717) is 12.3 Å². The summed E-state index contributed by atoms with van der Waals surface area (Å²) >= 11 is 5.40. The van der Waals surface area contributed by atoms with Crippen molar-refractivity contribution in [3.8, 4) is 0 Å². The van der Waals surface area contributed by atoms with E-state index < -0.39 is 23.6 Å². The fraction of sp³-hybridized carbons (Fsp3) is 0.333. The Bertz CT molecular complexity index is 475. The van der Waals surface area contributed by atoms with E-state index in [1.807, 2.05) is 0 Å². The van der Waals surface area contributed by atoms with Crippen molar-refractivity contribution < 1.29 is 22.8 Å². The number of nitrogens with one attached hydrogen (secondary N) is 2. The molecule has 110 valence electrons. The van der Waals surface area contributed by atoms with Crippen LogP contribution in [0.2, 0.25) is 0 Å². The number of rotatable bonds is 4. The molecule has 0 saturated carbocycles. The van der Waals surface area contributed by atoms with Crippen LogP contribution in [-0.4, -0.2) is 24.2 Å². The SMILES string of the molecule is O=C(NCCCCl)C(=O)Nc1ccc(C(F)(F)F)cc1. The minimum absolute atomic E-state index is 0.107. The molecular weight excluding hydrogens is 297 g/mol. The number of anilines is 1. The maximum Gasteiger partial charge on any atom is 0.416 e. The topological polar surface area (TPSA) is 58.2 Å². The second-order valence-corrected chi connectivity index (χ2v) is 4.21. The fourth-order valence-corrected chi connectivity index (χ4v) is 1.41. The van der Waals surface area contributed by atoms with Crippen molar-refractivity contribution >= 4 is 29.1 Å². The van der Waals surface area contributed by atoms with Gasteiger partial charge in [-0.25, -0.2) is 0 Å². The van der Waals surface area contributed by atoms with Crippen LogP contribution < -0.4 is 10.6 Å². The summed E-state index contributed by atoms with van der Waals surface area (Å²) in [6.07, 6.45) is -3.93. The Morgan fingerprint density at radius 1 is 1.10 bits per heavy atom. The van der Waals surface area contributed by atoms with E-state index in [1.165, 1.54) is 0 Å². The number of amides is 2. The van der Waals surface area contributed by atoms with Crippen molar-refractivity contribution in [2.75, 3.05) is 17.7 Å². The van der Waals surface area contributed by atoms with Crippen LogP contribution in [0, 0.1) is 0 Å². The Kier molecular flexibility index (Phi) is 5.82. The molecule has 0 atom stereocenters. The fourth-order valence-electron chi connectivity index (χ4n) is 1.28. The average Bonchev–Trinajstić information content (AvgIpc) is 2.38. The Morgan fingerprint density at radius 3 is 2.20 bits per heavy atom. The summed E-state index contributed by atoms with van der Waals surface area (Å²) in [6.45, 7) is 0.253. The lowest BCUT2D eigenvalue weighted by Crippen LogP contribution is -2.36. The Morgan fingerprint density at radius 2 is 1.70 bits per heavy atom. The molecule has 1 rings (SSSR count). The summed E-state index contributed by atoms with van der Waals surface area (Å²) in [5.74, 6) is -1.46. The summed E-state index contributed by atoms with van der Waals surface area (Å²) in [5.41, 5.74) is -0.724. The van der Waals surface area contributed by atoms with Gasteiger partial charge in [0.2, 0.25) is 0 Å². The van der Waals surface area contributed by atoms with Crippen LogP contribution in [0.15, 0.2) is 24.3 Å². The summed E-state index contributed by atoms with van der Waals surface area (Å²) in [7, 11) is 0. The van der Waals surface area contributed by atoms with E-state index in [1.54, 1.807) is 0 Å². The predicted octanol–water partition coefficient (Wildman–Crippen LogP) is 2.39. The zero-order chi connectivity index (χ0) is 15.2. The van der Waals surface area contributed by atoms with Crippen molar-refractivity contribution in [3.63, 3.8) is 0 Å². The summed E-state index contributed by atoms with van der Waals surface area (Å²) in [5, 5.41) is 4.52. The highest BCUT2D eigenvalue weighted by Gasteiger charge is 2.30. The van der Waals surface area contributed by atoms with Gasteiger partial charge in [-0.3, -0.25) is 9.59 Å². The Hall–Kier alpha value is -1.76. The zero-order valence-electron chi connectivity index (χ0n) is 10.3. The van der Waals surface area contributed by atoms with Crippen molar-refractivity contribution in [2.24, 2.45) is 0 Å². The molecule has 4 nitrogen and oxygen atoms in total. The number of alkyl halides is 4. The molecule has 20 heavy (non-hydrogen) atoms. The van der Waals surface area contributed by atoms with Gasteiger partial charge in [-0.15, -0.1) is 11.6 Å². The highest BCUT2D eigenvalue weighted by Crippen LogP contribution is 2.29. The number of carbonyl (C=O) groups excluding carboxylic acids is 2. The van der Waals surface area contributed by atoms with Crippen LogP contribution in [0.3, 0.4) is 0 Å². The van der Waals surface area contributed by atoms with Gasteiger partial charge >= 0.3 is 18.0 Å². The number of benzene rings is 1. The largest absolute Gasteiger partial charge is 0.416 e. The van der Waals surface area contributed by atoms with Gasteiger partial charge in [-0.2, -0.15) is 13.2 Å². The number of hydrogen-bond donors (Lipinski definition) is 2. The second-order valence-electron chi connectivity index (χ2n) is 3.83. The molecule has 0 radical (unpaired) electrons. The standard InChI is InChI=1S/C12H12ClF3N2O2/c13-6-1-7-17-10(19)11(20)18-9-4-2-8(3-5-9)12(14,15)16/h2-5H,1,6-7H2,(H,17,19)(H,18,20). The van der Waals surface area contributed by atoms with E-state index in [9.17, 15) is 22.8 Å². The smallest absolute Gasteiger partial charge is 0.348 e. The molecule has 1 aromatic carbocycles. The molecule has 0 spiro atoms. The molecular formula is C12H12ClF3N2O2. The summed E-state index contributed by atoms with van der Waals surface area (Å²) in [4.78, 5) is 22.7. The van der Waals surface area contributed by atoms with Gasteiger partial charge in [-0.1, -0.05) is 0 Å². The molecule has 0 bridgehead atoms. The Balaban J connectivity index is 2.56. The molecule has 2 amide bonds. The Labute approximate surface area is 118 Å². The van der Waals surface area contributed by atoms with Gasteiger partial charge in [-0.05, 0) is 30.7 Å². The first-order chi connectivity index (χ1) is 9.34. The third-order valence-corrected chi connectivity index (χ3v) is 2.54. The van der Waals surface area contributed by atoms with Gasteiger partial charge < -0.3 is 10.6 Å². The van der Waals surface area contributed by atoms with Gasteiger partial charge in [0, 0.05) is 18.1 Å². The molecule has 0 aliphatic rings. The third-order valence-electron chi connectivity index (χ3n) is 2.27. The summed E-state index contributed by atoms with van der Waals surface area (Å²) in [6, 6.07) is 3.79. The van der Waals surface area contributed by atoms with Crippen LogP contribution in [-0.2, 0) is 15.8 Å². The molecule has 1 aromatic rings. The maximum absolute atomic E-state index is 12.3. The third kappa shape index (κ3) is 5.08. The van der Waals surface area contributed by atoms with E-state index in [0.717, 1.165) is 24.3 Å². The van der Waals surface area contributed by atoms with Gasteiger partial charge in [0.25, 0.3) is 0 Å². The van der Waals surface area contributed by atoms with E-state index >= 15 is 0 Å². The first kappa shape index (κ1) is 16.3. The lowest BCUT2D eigenvalue weighted by Gasteiger charge is -2.08. The van der Waals surface area contributed by atoms with Gasteiger partial charge in [0.15, 0.2) is 0 Å². The summed E-state index contributed by atoms with van der Waals surface area (Å²) < 4.78 is 37.0. The van der Waals surface area contributed by atoms with Crippen LogP contribution in [0.4, 0.5) is 18.9 Å². The number of hydrogen-bond acceptors (Lipinski definition) is 2. The van der Waals surface area contributed by atoms with Crippen molar-refractivity contribution in [3.05, 3.63) is 29.8 Å². The minimum atomic E-state index is -4.44. The molecule has 0 heterocycles. The first-order valence-electron chi connectivity index (χ1n) is 5.67. The molecule has 0 saturated heterocycles. The lowest BCUT2D eigenvalue weighted by atomic mass is 10.2. The maximum atomic E-state index is 12.3.